The maximum Gasteiger partial charge on any atom is 0.240 e. The van der Waals surface area contributed by atoms with Crippen LogP contribution in [-0.2, 0) is 11.2 Å². The number of hydrogen-bond acceptors (Lipinski definition) is 6. The second-order valence-electron chi connectivity index (χ2n) is 5.33. The molecule has 3 rings (SSSR count). The van der Waals surface area contributed by atoms with Crippen molar-refractivity contribution in [2.45, 2.75) is 6.42 Å². The molecule has 2 aromatic heterocycles. The number of thiazole rings is 1. The normalized spacial score (nSPS) is 16.7. The van der Waals surface area contributed by atoms with Gasteiger partial charge in [0.15, 0.2) is 5.13 Å². The van der Waals surface area contributed by atoms with E-state index in [0.717, 1.165) is 39.1 Å². The molecule has 22 heavy (non-hydrogen) atoms. The number of nitrogens with one attached hydrogen (secondary N) is 1. The minimum Gasteiger partial charge on any atom is -0.301 e. The van der Waals surface area contributed by atoms with Crippen molar-refractivity contribution in [1.29, 1.82) is 0 Å². The van der Waals surface area contributed by atoms with Crippen molar-refractivity contribution in [3.8, 4) is 0 Å². The predicted molar refractivity (Wildman–Crippen MR) is 91.6 cm³/mol. The number of nitrogens with zero attached hydrogens (tertiary/aromatic N) is 3. The minimum absolute atomic E-state index is 0.0296. The highest BCUT2D eigenvalue weighted by Crippen LogP contribution is 2.12. The Labute approximate surface area is 138 Å². The molecule has 0 aromatic carbocycles. The van der Waals surface area contributed by atoms with Gasteiger partial charge in [0.2, 0.25) is 5.91 Å². The van der Waals surface area contributed by atoms with E-state index in [9.17, 15) is 4.79 Å². The van der Waals surface area contributed by atoms with Crippen LogP contribution < -0.4 is 5.32 Å². The largest absolute Gasteiger partial charge is 0.301 e. The lowest BCUT2D eigenvalue weighted by atomic mass is 10.2. The van der Waals surface area contributed by atoms with Gasteiger partial charge in [-0.25, -0.2) is 4.98 Å². The van der Waals surface area contributed by atoms with E-state index in [1.807, 2.05) is 16.7 Å². The highest BCUT2D eigenvalue weighted by atomic mass is 32.1. The van der Waals surface area contributed by atoms with Gasteiger partial charge in [-0.3, -0.25) is 9.69 Å². The van der Waals surface area contributed by atoms with E-state index in [4.69, 9.17) is 0 Å². The summed E-state index contributed by atoms with van der Waals surface area (Å²) >= 11 is 3.28. The predicted octanol–water partition coefficient (Wildman–Crippen LogP) is 2.00. The molecule has 5 nitrogen and oxygen atoms in total. The van der Waals surface area contributed by atoms with Gasteiger partial charge in [-0.05, 0) is 17.9 Å². The highest BCUT2D eigenvalue weighted by Gasteiger charge is 2.19. The van der Waals surface area contributed by atoms with Crippen LogP contribution in [0, 0.1) is 0 Å². The first-order chi connectivity index (χ1) is 10.8. The van der Waals surface area contributed by atoms with Crippen molar-refractivity contribution in [1.82, 2.24) is 14.8 Å². The van der Waals surface area contributed by atoms with Crippen LogP contribution in [0.1, 0.15) is 4.88 Å². The molecule has 1 aliphatic rings. The van der Waals surface area contributed by atoms with Gasteiger partial charge in [-0.2, -0.15) is 0 Å². The number of carbonyl (C=O) groups excluding carboxylic acids is 1. The molecule has 1 N–H and O–H groups in total. The molecule has 3 heterocycles. The van der Waals surface area contributed by atoms with Gasteiger partial charge in [0.05, 0.1) is 6.54 Å². The van der Waals surface area contributed by atoms with Crippen molar-refractivity contribution >= 4 is 33.7 Å². The Hall–Kier alpha value is -1.28. The summed E-state index contributed by atoms with van der Waals surface area (Å²) in [5, 5.41) is 7.52. The summed E-state index contributed by atoms with van der Waals surface area (Å²) in [6.07, 6.45) is 2.83. The maximum atomic E-state index is 11.9. The Morgan fingerprint density at radius 3 is 2.68 bits per heavy atom. The van der Waals surface area contributed by atoms with Crippen LogP contribution in [0.4, 0.5) is 5.13 Å². The van der Waals surface area contributed by atoms with Crippen molar-refractivity contribution in [2.75, 3.05) is 44.6 Å². The SMILES string of the molecule is O=C(CN1CCN(CCc2cccs2)CC1)Nc1nccs1. The van der Waals surface area contributed by atoms with Gasteiger partial charge in [0, 0.05) is 49.2 Å². The van der Waals surface area contributed by atoms with Crippen LogP contribution in [0.15, 0.2) is 29.1 Å². The highest BCUT2D eigenvalue weighted by molar-refractivity contribution is 7.13. The van der Waals surface area contributed by atoms with Crippen LogP contribution in [0.25, 0.3) is 0 Å². The van der Waals surface area contributed by atoms with Gasteiger partial charge in [0.25, 0.3) is 0 Å². The fourth-order valence-corrected chi connectivity index (χ4v) is 3.78. The van der Waals surface area contributed by atoms with E-state index in [2.05, 4.69) is 37.6 Å². The third-order valence-corrected chi connectivity index (χ3v) is 5.39. The smallest absolute Gasteiger partial charge is 0.240 e. The summed E-state index contributed by atoms with van der Waals surface area (Å²) in [6.45, 7) is 5.55. The van der Waals surface area contributed by atoms with Crippen LogP contribution in [0.5, 0.6) is 0 Å². The lowest BCUT2D eigenvalue weighted by Crippen LogP contribution is -2.48. The number of anilines is 1. The third-order valence-electron chi connectivity index (χ3n) is 3.77. The molecule has 0 atom stereocenters. The standard InChI is InChI=1S/C15H20N4OS2/c20-14(17-15-16-4-11-22-15)12-19-8-6-18(7-9-19)5-3-13-2-1-10-21-13/h1-2,4,10-11H,3,5-9,12H2,(H,16,17,20). The van der Waals surface area contributed by atoms with Crippen LogP contribution >= 0.6 is 22.7 Å². The van der Waals surface area contributed by atoms with E-state index in [-0.39, 0.29) is 5.91 Å². The molecular weight excluding hydrogens is 316 g/mol. The zero-order valence-corrected chi connectivity index (χ0v) is 14.0. The summed E-state index contributed by atoms with van der Waals surface area (Å²) in [5.74, 6) is 0.0296. The second-order valence-corrected chi connectivity index (χ2v) is 7.26. The Morgan fingerprint density at radius 2 is 2.00 bits per heavy atom. The van der Waals surface area contributed by atoms with E-state index in [0.29, 0.717) is 11.7 Å². The average molecular weight is 336 g/mol. The minimum atomic E-state index is 0.0296. The van der Waals surface area contributed by atoms with Gasteiger partial charge >= 0.3 is 0 Å². The Bertz CT molecular complexity index is 562. The lowest BCUT2D eigenvalue weighted by molar-refractivity contribution is -0.117. The van der Waals surface area contributed by atoms with Gasteiger partial charge in [-0.15, -0.1) is 22.7 Å². The van der Waals surface area contributed by atoms with Crippen LogP contribution in [-0.4, -0.2) is 60.0 Å². The molecule has 1 amide bonds. The quantitative estimate of drug-likeness (QED) is 0.877. The summed E-state index contributed by atoms with van der Waals surface area (Å²) in [4.78, 5) is 22.2. The molecule has 1 fully saturated rings. The average Bonchev–Trinajstić information content (AvgIpc) is 3.20. The Morgan fingerprint density at radius 1 is 1.18 bits per heavy atom. The van der Waals surface area contributed by atoms with Crippen LogP contribution in [0.2, 0.25) is 0 Å². The van der Waals surface area contributed by atoms with Crippen molar-refractivity contribution in [2.24, 2.45) is 0 Å². The Kier molecular flexibility index (Phi) is 5.55. The monoisotopic (exact) mass is 336 g/mol. The number of amides is 1. The van der Waals surface area contributed by atoms with Gasteiger partial charge < -0.3 is 10.2 Å². The molecule has 118 valence electrons. The molecule has 1 saturated heterocycles. The number of carbonyl (C=O) groups is 1. The zero-order chi connectivity index (χ0) is 15.2. The lowest BCUT2D eigenvalue weighted by Gasteiger charge is -2.34. The number of hydrogen-bond donors (Lipinski definition) is 1. The first-order valence-corrected chi connectivity index (χ1v) is 9.22. The number of thiophene rings is 1. The van der Waals surface area contributed by atoms with Crippen molar-refractivity contribution in [3.05, 3.63) is 34.0 Å². The molecule has 0 aliphatic carbocycles. The molecule has 0 spiro atoms. The molecule has 0 saturated carbocycles. The van der Waals surface area contributed by atoms with Gasteiger partial charge in [-0.1, -0.05) is 6.07 Å². The van der Waals surface area contributed by atoms with E-state index >= 15 is 0 Å². The molecule has 2 aromatic rings. The third kappa shape index (κ3) is 4.61. The molecule has 0 bridgehead atoms. The first kappa shape index (κ1) is 15.6. The first-order valence-electron chi connectivity index (χ1n) is 7.46. The number of piperazine rings is 1. The number of rotatable bonds is 6. The van der Waals surface area contributed by atoms with E-state index in [1.54, 1.807) is 6.20 Å². The summed E-state index contributed by atoms with van der Waals surface area (Å²) in [7, 11) is 0. The summed E-state index contributed by atoms with van der Waals surface area (Å²) in [5.41, 5.74) is 0. The van der Waals surface area contributed by atoms with Crippen LogP contribution in [0.3, 0.4) is 0 Å². The van der Waals surface area contributed by atoms with Crippen molar-refractivity contribution < 1.29 is 4.79 Å². The zero-order valence-electron chi connectivity index (χ0n) is 12.4. The summed E-state index contributed by atoms with van der Waals surface area (Å²) in [6, 6.07) is 4.31. The maximum absolute atomic E-state index is 11.9. The molecule has 1 aliphatic heterocycles. The second kappa shape index (κ2) is 7.82. The molecular formula is C15H20N4OS2. The van der Waals surface area contributed by atoms with Crippen molar-refractivity contribution in [3.63, 3.8) is 0 Å². The fraction of sp³-hybridized carbons (Fsp3) is 0.467. The van der Waals surface area contributed by atoms with E-state index in [1.165, 1.54) is 16.2 Å². The van der Waals surface area contributed by atoms with Gasteiger partial charge in [0.1, 0.15) is 0 Å². The molecule has 0 unspecified atom stereocenters. The Balaban J connectivity index is 1.35. The summed E-state index contributed by atoms with van der Waals surface area (Å²) < 4.78 is 0. The van der Waals surface area contributed by atoms with E-state index < -0.39 is 0 Å². The fourth-order valence-electron chi connectivity index (χ4n) is 2.54. The molecule has 7 heteroatoms. The number of aromatic nitrogens is 1. The molecule has 0 radical (unpaired) electrons. The topological polar surface area (TPSA) is 48.5 Å².